The normalized spacial score (nSPS) is 14.9. The zero-order valence-electron chi connectivity index (χ0n) is 19.4. The summed E-state index contributed by atoms with van der Waals surface area (Å²) in [5.74, 6) is -0.251. The van der Waals surface area contributed by atoms with Gasteiger partial charge in [0.05, 0.1) is 24.7 Å². The molecule has 0 radical (unpaired) electrons. The van der Waals surface area contributed by atoms with Crippen LogP contribution >= 0.6 is 0 Å². The van der Waals surface area contributed by atoms with Gasteiger partial charge in [-0.05, 0) is 21.0 Å². The third kappa shape index (κ3) is 4.86. The minimum absolute atomic E-state index is 0.194. The van der Waals surface area contributed by atoms with Crippen molar-refractivity contribution < 1.29 is 9.53 Å². The van der Waals surface area contributed by atoms with Crippen LogP contribution in [0.25, 0.3) is 0 Å². The van der Waals surface area contributed by atoms with E-state index in [1.165, 1.54) is 10.4 Å². The maximum absolute atomic E-state index is 11.2. The first-order chi connectivity index (χ1) is 15.3. The molecule has 0 unspecified atom stereocenters. The Balaban J connectivity index is 2.12. The molecule has 0 heterocycles. The molecule has 0 fully saturated rings. The van der Waals surface area contributed by atoms with Crippen molar-refractivity contribution in [3.63, 3.8) is 0 Å². The first kappa shape index (κ1) is 23.9. The monoisotopic (exact) mass is 443 g/mol. The summed E-state index contributed by atoms with van der Waals surface area (Å²) < 4.78 is 7.18. The van der Waals surface area contributed by atoms with Crippen LogP contribution in [-0.2, 0) is 4.43 Å². The Labute approximate surface area is 193 Å². The molecular weight excluding hydrogens is 410 g/mol. The number of hydrogen-bond acceptors (Lipinski definition) is 3. The Kier molecular flexibility index (Phi) is 7.68. The minimum Gasteiger partial charge on any atom is -0.403 e. The van der Waals surface area contributed by atoms with E-state index in [9.17, 15) is 10.4 Å². The minimum atomic E-state index is -2.82. The summed E-state index contributed by atoms with van der Waals surface area (Å²) >= 11 is 0. The fraction of sp³-hybridized carbons (Fsp3) is 0.321. The van der Waals surface area contributed by atoms with Crippen LogP contribution in [0.4, 0.5) is 0 Å². The molecule has 3 atom stereocenters. The van der Waals surface area contributed by atoms with Gasteiger partial charge in [-0.3, -0.25) is 0 Å². The average molecular weight is 444 g/mol. The molecular formula is C28H33NO2Si. The lowest BCUT2D eigenvalue weighted by molar-refractivity contribution is 0.0317. The number of hydrogen-bond donors (Lipinski definition) is 1. The molecule has 0 amide bonds. The van der Waals surface area contributed by atoms with Crippen molar-refractivity contribution in [2.75, 3.05) is 0 Å². The summed E-state index contributed by atoms with van der Waals surface area (Å²) in [5.41, 5.74) is 0.842. The van der Waals surface area contributed by atoms with Crippen molar-refractivity contribution in [1.29, 1.82) is 5.26 Å². The SMILES string of the molecule is C[C@@H]([C@H](CC#N)O[Si](c1ccccc1)(c1ccccc1)C(C)(C)C)[C@@H](O)c1ccccc1. The molecule has 3 nitrogen and oxygen atoms in total. The van der Waals surface area contributed by atoms with Gasteiger partial charge in [0, 0.05) is 5.92 Å². The smallest absolute Gasteiger partial charge is 0.261 e. The van der Waals surface area contributed by atoms with E-state index in [2.05, 4.69) is 75.4 Å². The molecule has 32 heavy (non-hydrogen) atoms. The predicted molar refractivity (Wildman–Crippen MR) is 133 cm³/mol. The highest BCUT2D eigenvalue weighted by molar-refractivity contribution is 6.99. The van der Waals surface area contributed by atoms with Crippen LogP contribution in [0.2, 0.25) is 5.04 Å². The van der Waals surface area contributed by atoms with E-state index in [0.717, 1.165) is 5.56 Å². The predicted octanol–water partition coefficient (Wildman–Crippen LogP) is 5.21. The average Bonchev–Trinajstić information content (AvgIpc) is 2.81. The summed E-state index contributed by atoms with van der Waals surface area (Å²) in [7, 11) is -2.82. The van der Waals surface area contributed by atoms with Gasteiger partial charge in [0.1, 0.15) is 0 Å². The van der Waals surface area contributed by atoms with Gasteiger partial charge in [-0.15, -0.1) is 0 Å². The number of nitrogens with zero attached hydrogens (tertiary/aromatic N) is 1. The lowest BCUT2D eigenvalue weighted by atomic mass is 9.91. The molecule has 0 spiro atoms. The molecule has 166 valence electrons. The topological polar surface area (TPSA) is 53.2 Å². The standard InChI is InChI=1S/C28H33NO2Si/c1-22(27(30)23-14-8-5-9-15-23)26(20-21-29)31-32(28(2,3)4,24-16-10-6-11-17-24)25-18-12-7-13-19-25/h5-19,22,26-27,30H,20H2,1-4H3/t22-,26-,27+/m0/s1. The fourth-order valence-electron chi connectivity index (χ4n) is 4.50. The van der Waals surface area contributed by atoms with Crippen molar-refractivity contribution in [2.24, 2.45) is 5.92 Å². The molecule has 1 N–H and O–H groups in total. The van der Waals surface area contributed by atoms with Gasteiger partial charge in [-0.2, -0.15) is 5.26 Å². The van der Waals surface area contributed by atoms with Gasteiger partial charge in [0.25, 0.3) is 8.32 Å². The van der Waals surface area contributed by atoms with Gasteiger partial charge >= 0.3 is 0 Å². The van der Waals surface area contributed by atoms with Crippen LogP contribution in [0.15, 0.2) is 91.0 Å². The molecule has 3 rings (SSSR count). The summed E-state index contributed by atoms with van der Waals surface area (Å²) in [4.78, 5) is 0. The molecule has 3 aromatic rings. The maximum atomic E-state index is 11.2. The Morgan fingerprint density at radius 3 is 1.69 bits per heavy atom. The van der Waals surface area contributed by atoms with E-state index < -0.39 is 20.5 Å². The number of aliphatic hydroxyl groups is 1. The Morgan fingerprint density at radius 2 is 1.28 bits per heavy atom. The highest BCUT2D eigenvalue weighted by Crippen LogP contribution is 2.40. The van der Waals surface area contributed by atoms with Gasteiger partial charge < -0.3 is 9.53 Å². The van der Waals surface area contributed by atoms with Crippen LogP contribution in [0, 0.1) is 17.2 Å². The number of nitriles is 1. The molecule has 4 heteroatoms. The van der Waals surface area contributed by atoms with Gasteiger partial charge in [-0.1, -0.05) is 119 Å². The second-order valence-electron chi connectivity index (χ2n) is 9.40. The van der Waals surface area contributed by atoms with E-state index in [1.807, 2.05) is 49.4 Å². The molecule has 0 aliphatic rings. The third-order valence-electron chi connectivity index (χ3n) is 6.26. The molecule has 0 aliphatic heterocycles. The van der Waals surface area contributed by atoms with Gasteiger partial charge in [0.15, 0.2) is 0 Å². The Hall–Kier alpha value is -2.71. The van der Waals surface area contributed by atoms with Crippen molar-refractivity contribution in [3.8, 4) is 6.07 Å². The largest absolute Gasteiger partial charge is 0.403 e. The third-order valence-corrected chi connectivity index (χ3v) is 11.3. The zero-order valence-corrected chi connectivity index (χ0v) is 20.4. The zero-order chi connectivity index (χ0) is 23.2. The molecule has 0 aliphatic carbocycles. The van der Waals surface area contributed by atoms with Crippen LogP contribution < -0.4 is 10.4 Å². The lowest BCUT2D eigenvalue weighted by Gasteiger charge is -2.46. The van der Waals surface area contributed by atoms with Crippen LogP contribution in [0.1, 0.15) is 45.8 Å². The van der Waals surface area contributed by atoms with Crippen molar-refractivity contribution in [3.05, 3.63) is 96.6 Å². The number of rotatable bonds is 8. The van der Waals surface area contributed by atoms with Crippen molar-refractivity contribution in [2.45, 2.75) is 51.4 Å². The maximum Gasteiger partial charge on any atom is 0.261 e. The van der Waals surface area contributed by atoms with E-state index in [0.29, 0.717) is 0 Å². The van der Waals surface area contributed by atoms with Crippen LogP contribution in [0.3, 0.4) is 0 Å². The highest BCUT2D eigenvalue weighted by Gasteiger charge is 2.52. The second-order valence-corrected chi connectivity index (χ2v) is 13.6. The van der Waals surface area contributed by atoms with Crippen molar-refractivity contribution >= 4 is 18.7 Å². The van der Waals surface area contributed by atoms with Crippen LogP contribution in [-0.4, -0.2) is 19.5 Å². The summed E-state index contributed by atoms with van der Waals surface area (Å²) in [6.07, 6.45) is -0.912. The molecule has 0 saturated heterocycles. The lowest BCUT2D eigenvalue weighted by Crippen LogP contribution is -2.68. The molecule has 0 bridgehead atoms. The molecule has 0 aromatic heterocycles. The van der Waals surface area contributed by atoms with Gasteiger partial charge in [0.2, 0.25) is 0 Å². The van der Waals surface area contributed by atoms with Crippen LogP contribution in [0.5, 0.6) is 0 Å². The van der Waals surface area contributed by atoms with E-state index in [-0.39, 0.29) is 17.4 Å². The quantitative estimate of drug-likeness (QED) is 0.486. The van der Waals surface area contributed by atoms with Gasteiger partial charge in [-0.25, -0.2) is 0 Å². The number of benzene rings is 3. The first-order valence-corrected chi connectivity index (χ1v) is 13.1. The number of aliphatic hydroxyl groups excluding tert-OH is 1. The van der Waals surface area contributed by atoms with E-state index in [4.69, 9.17) is 4.43 Å². The fourth-order valence-corrected chi connectivity index (χ4v) is 9.27. The van der Waals surface area contributed by atoms with E-state index in [1.54, 1.807) is 0 Å². The summed E-state index contributed by atoms with van der Waals surface area (Å²) in [6.45, 7) is 8.65. The molecule has 3 aromatic carbocycles. The highest BCUT2D eigenvalue weighted by atomic mass is 28.4. The Morgan fingerprint density at radius 1 is 0.844 bits per heavy atom. The summed E-state index contributed by atoms with van der Waals surface area (Å²) in [6, 6.07) is 32.8. The first-order valence-electron chi connectivity index (χ1n) is 11.2. The summed E-state index contributed by atoms with van der Waals surface area (Å²) in [5, 5.41) is 23.0. The van der Waals surface area contributed by atoms with E-state index >= 15 is 0 Å². The van der Waals surface area contributed by atoms with Crippen molar-refractivity contribution in [1.82, 2.24) is 0 Å². The second kappa shape index (κ2) is 10.3. The molecule has 0 saturated carbocycles. The Bertz CT molecular complexity index is 971.